The number of carbonyl (C=O) groups excluding carboxylic acids is 1. The molecule has 3 rings (SSSR count). The molecule has 0 saturated heterocycles. The number of amides is 1. The van der Waals surface area contributed by atoms with Crippen molar-refractivity contribution in [1.82, 2.24) is 5.32 Å². The summed E-state index contributed by atoms with van der Waals surface area (Å²) in [5.74, 6) is 0.598. The fraction of sp³-hybridized carbons (Fsp3) is 0.100. The van der Waals surface area contributed by atoms with Crippen molar-refractivity contribution in [3.8, 4) is 29.1 Å². The highest BCUT2D eigenvalue weighted by Crippen LogP contribution is 2.32. The summed E-state index contributed by atoms with van der Waals surface area (Å²) in [4.78, 5) is 12.2. The number of allylic oxidation sites excluding steroid dienone is 2. The van der Waals surface area contributed by atoms with Crippen molar-refractivity contribution in [3.05, 3.63) is 65.3 Å². The van der Waals surface area contributed by atoms with E-state index in [1.807, 2.05) is 6.07 Å². The molecule has 2 aromatic carbocycles. The fourth-order valence-corrected chi connectivity index (χ4v) is 2.46. The molecule has 1 aliphatic rings. The summed E-state index contributed by atoms with van der Waals surface area (Å²) in [6.45, 7) is 0.411. The molecule has 0 spiro atoms. The molecule has 2 aromatic rings. The molecule has 0 bridgehead atoms. The predicted octanol–water partition coefficient (Wildman–Crippen LogP) is 2.61. The first-order valence-corrected chi connectivity index (χ1v) is 8.03. The highest BCUT2D eigenvalue weighted by atomic mass is 16.7. The first kappa shape index (κ1) is 17.9. The van der Waals surface area contributed by atoms with Crippen LogP contribution in [0.1, 0.15) is 11.1 Å². The summed E-state index contributed by atoms with van der Waals surface area (Å²) in [6.07, 6.45) is 4.41. The van der Waals surface area contributed by atoms with E-state index in [2.05, 4.69) is 5.32 Å². The lowest BCUT2D eigenvalue weighted by Gasteiger charge is -2.05. The minimum absolute atomic E-state index is 0.0728. The summed E-state index contributed by atoms with van der Waals surface area (Å²) in [7, 11) is 0. The van der Waals surface area contributed by atoms with Gasteiger partial charge in [-0.05, 0) is 41.5 Å². The summed E-state index contributed by atoms with van der Waals surface area (Å²) in [5, 5.41) is 30.7. The van der Waals surface area contributed by atoms with Gasteiger partial charge in [-0.1, -0.05) is 18.2 Å². The van der Waals surface area contributed by atoms with Gasteiger partial charge in [0.2, 0.25) is 6.79 Å². The molecule has 1 heterocycles. The second kappa shape index (κ2) is 7.97. The van der Waals surface area contributed by atoms with Crippen molar-refractivity contribution < 1.29 is 24.5 Å². The van der Waals surface area contributed by atoms with Crippen molar-refractivity contribution in [2.45, 2.75) is 6.54 Å². The van der Waals surface area contributed by atoms with Crippen LogP contribution >= 0.6 is 0 Å². The molecule has 27 heavy (non-hydrogen) atoms. The van der Waals surface area contributed by atoms with Gasteiger partial charge in [0, 0.05) is 12.6 Å². The lowest BCUT2D eigenvalue weighted by Crippen LogP contribution is -2.23. The van der Waals surface area contributed by atoms with Crippen LogP contribution in [0.4, 0.5) is 0 Å². The molecule has 0 aliphatic carbocycles. The average Bonchev–Trinajstić information content (AvgIpc) is 3.10. The fourth-order valence-electron chi connectivity index (χ4n) is 2.46. The van der Waals surface area contributed by atoms with E-state index in [9.17, 15) is 20.3 Å². The van der Waals surface area contributed by atoms with Gasteiger partial charge in [0.1, 0.15) is 23.1 Å². The molecule has 0 radical (unpaired) electrons. The van der Waals surface area contributed by atoms with E-state index in [0.717, 1.165) is 5.56 Å². The molecule has 0 unspecified atom stereocenters. The van der Waals surface area contributed by atoms with Gasteiger partial charge in [-0.25, -0.2) is 0 Å². The van der Waals surface area contributed by atoms with Crippen LogP contribution in [0, 0.1) is 11.3 Å². The Bertz CT molecular complexity index is 953. The van der Waals surface area contributed by atoms with Gasteiger partial charge in [-0.15, -0.1) is 0 Å². The van der Waals surface area contributed by atoms with Crippen LogP contribution in [0.2, 0.25) is 0 Å². The molecule has 1 amide bonds. The number of benzene rings is 2. The van der Waals surface area contributed by atoms with E-state index in [1.165, 1.54) is 30.4 Å². The standard InChI is InChI=1S/C20H16N2O5/c21-10-15(3-1-2-13-6-16(23)9-17(24)7-13)20(25)22-11-14-4-5-18-19(8-14)27-12-26-18/h1-9,23-24H,11-12H2,(H,22,25). The topological polar surface area (TPSA) is 112 Å². The Morgan fingerprint density at radius 1 is 1.15 bits per heavy atom. The van der Waals surface area contributed by atoms with Crippen molar-refractivity contribution in [1.29, 1.82) is 5.26 Å². The van der Waals surface area contributed by atoms with E-state index in [-0.39, 0.29) is 30.4 Å². The van der Waals surface area contributed by atoms with Crippen LogP contribution in [0.15, 0.2) is 54.1 Å². The first-order valence-electron chi connectivity index (χ1n) is 8.03. The Morgan fingerprint density at radius 2 is 1.89 bits per heavy atom. The zero-order valence-electron chi connectivity index (χ0n) is 14.2. The summed E-state index contributed by atoms with van der Waals surface area (Å²) < 4.78 is 10.5. The minimum atomic E-state index is -0.515. The van der Waals surface area contributed by atoms with Crippen LogP contribution in [0.3, 0.4) is 0 Å². The van der Waals surface area contributed by atoms with Gasteiger partial charge < -0.3 is 25.0 Å². The van der Waals surface area contributed by atoms with Crippen molar-refractivity contribution >= 4 is 12.0 Å². The number of nitrogens with zero attached hydrogens (tertiary/aromatic N) is 1. The number of hydrogen-bond donors (Lipinski definition) is 3. The molecule has 0 aromatic heterocycles. The number of fused-ring (bicyclic) bond motifs is 1. The van der Waals surface area contributed by atoms with Gasteiger partial charge in [0.25, 0.3) is 5.91 Å². The Labute approximate surface area is 155 Å². The number of rotatable bonds is 5. The second-order valence-corrected chi connectivity index (χ2v) is 5.70. The number of hydrogen-bond acceptors (Lipinski definition) is 6. The van der Waals surface area contributed by atoms with Crippen LogP contribution in [-0.2, 0) is 11.3 Å². The molecule has 3 N–H and O–H groups in total. The minimum Gasteiger partial charge on any atom is -0.508 e. The molecule has 0 atom stereocenters. The monoisotopic (exact) mass is 364 g/mol. The zero-order valence-corrected chi connectivity index (χ0v) is 14.2. The molecule has 136 valence electrons. The molecule has 0 saturated carbocycles. The summed E-state index contributed by atoms with van der Waals surface area (Å²) in [5.41, 5.74) is 1.27. The Morgan fingerprint density at radius 3 is 2.63 bits per heavy atom. The van der Waals surface area contributed by atoms with Crippen LogP contribution in [-0.4, -0.2) is 22.9 Å². The van der Waals surface area contributed by atoms with Crippen LogP contribution in [0.25, 0.3) is 6.08 Å². The Hall–Kier alpha value is -3.92. The number of phenolic OH excluding ortho intramolecular Hbond substituents is 2. The number of aromatic hydroxyl groups is 2. The molecule has 7 heteroatoms. The normalized spacial score (nSPS) is 12.8. The maximum Gasteiger partial charge on any atom is 0.262 e. The SMILES string of the molecule is N#CC(=CC=Cc1cc(O)cc(O)c1)C(=O)NCc1ccc2c(c1)OCO2. The number of nitrogens with one attached hydrogen (secondary N) is 1. The molecule has 1 aliphatic heterocycles. The summed E-state index contributed by atoms with van der Waals surface area (Å²) >= 11 is 0. The third-order valence-corrected chi connectivity index (χ3v) is 3.73. The quantitative estimate of drug-likeness (QED) is 0.427. The molecular weight excluding hydrogens is 348 g/mol. The number of ether oxygens (including phenoxy) is 2. The third-order valence-electron chi connectivity index (χ3n) is 3.73. The lowest BCUT2D eigenvalue weighted by molar-refractivity contribution is -0.117. The molecule has 7 nitrogen and oxygen atoms in total. The van der Waals surface area contributed by atoms with E-state index < -0.39 is 5.91 Å². The number of nitriles is 1. The van der Waals surface area contributed by atoms with E-state index in [1.54, 1.807) is 24.3 Å². The van der Waals surface area contributed by atoms with Gasteiger partial charge in [-0.2, -0.15) is 5.26 Å². The van der Waals surface area contributed by atoms with E-state index >= 15 is 0 Å². The maximum absolute atomic E-state index is 12.2. The van der Waals surface area contributed by atoms with Crippen molar-refractivity contribution in [2.24, 2.45) is 0 Å². The van der Waals surface area contributed by atoms with Crippen molar-refractivity contribution in [2.75, 3.05) is 6.79 Å². The predicted molar refractivity (Wildman–Crippen MR) is 96.9 cm³/mol. The first-order chi connectivity index (χ1) is 13.0. The van der Waals surface area contributed by atoms with Crippen molar-refractivity contribution in [3.63, 3.8) is 0 Å². The third kappa shape index (κ3) is 4.58. The van der Waals surface area contributed by atoms with E-state index in [4.69, 9.17) is 9.47 Å². The van der Waals surface area contributed by atoms with Gasteiger partial charge >= 0.3 is 0 Å². The van der Waals surface area contributed by atoms with Crippen LogP contribution in [0.5, 0.6) is 23.0 Å². The number of phenols is 2. The second-order valence-electron chi connectivity index (χ2n) is 5.70. The smallest absolute Gasteiger partial charge is 0.262 e. The highest BCUT2D eigenvalue weighted by molar-refractivity contribution is 5.97. The average molecular weight is 364 g/mol. The van der Waals surface area contributed by atoms with E-state index in [0.29, 0.717) is 17.1 Å². The molecular formula is C20H16N2O5. The lowest BCUT2D eigenvalue weighted by atomic mass is 10.1. The highest BCUT2D eigenvalue weighted by Gasteiger charge is 2.14. The van der Waals surface area contributed by atoms with Gasteiger partial charge in [0.15, 0.2) is 11.5 Å². The zero-order chi connectivity index (χ0) is 19.2. The van der Waals surface area contributed by atoms with Gasteiger partial charge in [0.05, 0.1) is 0 Å². The Kier molecular flexibility index (Phi) is 5.28. The molecule has 0 fully saturated rings. The maximum atomic E-state index is 12.2. The van der Waals surface area contributed by atoms with Crippen LogP contribution < -0.4 is 14.8 Å². The summed E-state index contributed by atoms with van der Waals surface area (Å²) in [6, 6.07) is 11.3. The number of carbonyl (C=O) groups is 1. The Balaban J connectivity index is 1.62. The van der Waals surface area contributed by atoms with Gasteiger partial charge in [-0.3, -0.25) is 4.79 Å². The largest absolute Gasteiger partial charge is 0.508 e.